The van der Waals surface area contributed by atoms with E-state index in [9.17, 15) is 14.9 Å². The van der Waals surface area contributed by atoms with Crippen LogP contribution >= 0.6 is 0 Å². The summed E-state index contributed by atoms with van der Waals surface area (Å²) in [5.74, 6) is -0.619. The molecule has 8 heteroatoms. The Kier molecular flexibility index (Phi) is 3.47. The molecule has 0 aromatic carbocycles. The van der Waals surface area contributed by atoms with Crippen LogP contribution < -0.4 is 0 Å². The van der Waals surface area contributed by atoms with Crippen molar-refractivity contribution in [3.05, 3.63) is 45.7 Å². The second-order valence-electron chi connectivity index (χ2n) is 4.07. The standard InChI is InChI=1S/C12H12N4O4/c1-7-8(2)15(6-13-7)11-10(16(18)19)5-4-9(14-11)12(17)20-3/h4-6H,1-3H3. The molecule has 0 fully saturated rings. The average Bonchev–Trinajstić information content (AvgIpc) is 2.77. The molecule has 0 amide bonds. The predicted molar refractivity (Wildman–Crippen MR) is 68.8 cm³/mol. The highest BCUT2D eigenvalue weighted by atomic mass is 16.6. The van der Waals surface area contributed by atoms with Crippen LogP contribution in [0, 0.1) is 24.0 Å². The molecule has 2 heterocycles. The summed E-state index contributed by atoms with van der Waals surface area (Å²) in [4.78, 5) is 30.1. The summed E-state index contributed by atoms with van der Waals surface area (Å²) in [6.07, 6.45) is 1.43. The number of esters is 1. The van der Waals surface area contributed by atoms with E-state index >= 15 is 0 Å². The van der Waals surface area contributed by atoms with Crippen LogP contribution in [0.5, 0.6) is 0 Å². The molecule has 0 N–H and O–H groups in total. The summed E-state index contributed by atoms with van der Waals surface area (Å²) >= 11 is 0. The maximum Gasteiger partial charge on any atom is 0.356 e. The maximum absolute atomic E-state index is 11.5. The Bertz CT molecular complexity index is 693. The van der Waals surface area contributed by atoms with Gasteiger partial charge in [-0.25, -0.2) is 14.8 Å². The van der Waals surface area contributed by atoms with Crippen molar-refractivity contribution in [2.24, 2.45) is 0 Å². The van der Waals surface area contributed by atoms with Crippen molar-refractivity contribution in [1.29, 1.82) is 0 Å². The minimum absolute atomic E-state index is 0.00106. The molecule has 2 aromatic heterocycles. The summed E-state index contributed by atoms with van der Waals surface area (Å²) in [6.45, 7) is 3.54. The van der Waals surface area contributed by atoms with E-state index in [1.165, 1.54) is 30.1 Å². The smallest absolute Gasteiger partial charge is 0.356 e. The van der Waals surface area contributed by atoms with E-state index in [0.717, 1.165) is 5.69 Å². The molecule has 0 aliphatic rings. The number of ether oxygens (including phenoxy) is 1. The van der Waals surface area contributed by atoms with Crippen LogP contribution in [0.2, 0.25) is 0 Å². The van der Waals surface area contributed by atoms with Crippen LogP contribution in [0.3, 0.4) is 0 Å². The summed E-state index contributed by atoms with van der Waals surface area (Å²) in [6, 6.07) is 2.48. The molecule has 0 bridgehead atoms. The van der Waals surface area contributed by atoms with Crippen LogP contribution in [-0.4, -0.2) is 32.5 Å². The predicted octanol–water partition coefficient (Wildman–Crippen LogP) is 1.58. The minimum Gasteiger partial charge on any atom is -0.464 e. The number of carbonyl (C=O) groups is 1. The zero-order chi connectivity index (χ0) is 14.9. The van der Waals surface area contributed by atoms with Gasteiger partial charge in [-0.3, -0.25) is 14.7 Å². The lowest BCUT2D eigenvalue weighted by Crippen LogP contribution is -2.10. The third-order valence-corrected chi connectivity index (χ3v) is 2.93. The van der Waals surface area contributed by atoms with Crippen molar-refractivity contribution in [2.45, 2.75) is 13.8 Å². The molecular weight excluding hydrogens is 264 g/mol. The molecule has 104 valence electrons. The van der Waals surface area contributed by atoms with Gasteiger partial charge in [-0.15, -0.1) is 0 Å². The van der Waals surface area contributed by atoms with Gasteiger partial charge in [0.15, 0.2) is 5.69 Å². The number of imidazole rings is 1. The summed E-state index contributed by atoms with van der Waals surface area (Å²) in [5.41, 5.74) is 1.23. The van der Waals surface area contributed by atoms with Gasteiger partial charge in [-0.2, -0.15) is 0 Å². The molecule has 0 atom stereocenters. The lowest BCUT2D eigenvalue weighted by Gasteiger charge is -2.07. The number of aryl methyl sites for hydroxylation is 1. The zero-order valence-electron chi connectivity index (χ0n) is 11.2. The number of pyridine rings is 1. The largest absolute Gasteiger partial charge is 0.464 e. The molecule has 2 aromatic rings. The van der Waals surface area contributed by atoms with Gasteiger partial charge in [0.1, 0.15) is 6.33 Å². The third-order valence-electron chi connectivity index (χ3n) is 2.93. The highest BCUT2D eigenvalue weighted by Gasteiger charge is 2.22. The van der Waals surface area contributed by atoms with Gasteiger partial charge in [0.25, 0.3) is 0 Å². The topological polar surface area (TPSA) is 100 Å². The van der Waals surface area contributed by atoms with Crippen LogP contribution in [0.1, 0.15) is 21.9 Å². The molecular formula is C12H12N4O4. The fourth-order valence-corrected chi connectivity index (χ4v) is 1.69. The monoisotopic (exact) mass is 276 g/mol. The number of nitrogens with zero attached hydrogens (tertiary/aromatic N) is 4. The first-order valence-electron chi connectivity index (χ1n) is 5.70. The fourth-order valence-electron chi connectivity index (χ4n) is 1.69. The van der Waals surface area contributed by atoms with E-state index in [1.54, 1.807) is 13.8 Å². The zero-order valence-corrected chi connectivity index (χ0v) is 11.2. The van der Waals surface area contributed by atoms with Gasteiger partial charge in [0, 0.05) is 11.8 Å². The van der Waals surface area contributed by atoms with Crippen molar-refractivity contribution in [3.63, 3.8) is 0 Å². The van der Waals surface area contributed by atoms with Gasteiger partial charge < -0.3 is 4.74 Å². The molecule has 0 unspecified atom stereocenters. The molecule has 0 spiro atoms. The van der Waals surface area contributed by atoms with E-state index in [4.69, 9.17) is 0 Å². The van der Waals surface area contributed by atoms with Gasteiger partial charge in [0.05, 0.1) is 17.7 Å². The lowest BCUT2D eigenvalue weighted by molar-refractivity contribution is -0.384. The maximum atomic E-state index is 11.5. The summed E-state index contributed by atoms with van der Waals surface area (Å²) in [7, 11) is 1.22. The molecule has 20 heavy (non-hydrogen) atoms. The van der Waals surface area contributed by atoms with Crippen molar-refractivity contribution in [2.75, 3.05) is 7.11 Å². The first-order chi connectivity index (χ1) is 9.45. The van der Waals surface area contributed by atoms with Crippen molar-refractivity contribution < 1.29 is 14.5 Å². The Morgan fingerprint density at radius 3 is 2.60 bits per heavy atom. The third kappa shape index (κ3) is 2.22. The van der Waals surface area contributed by atoms with Gasteiger partial charge in [-0.1, -0.05) is 0 Å². The molecule has 2 rings (SSSR count). The van der Waals surface area contributed by atoms with Crippen molar-refractivity contribution in [1.82, 2.24) is 14.5 Å². The fraction of sp³-hybridized carbons (Fsp3) is 0.250. The van der Waals surface area contributed by atoms with Crippen molar-refractivity contribution >= 4 is 11.7 Å². The Morgan fingerprint density at radius 2 is 2.10 bits per heavy atom. The molecule has 0 saturated carbocycles. The van der Waals surface area contributed by atoms with E-state index in [2.05, 4.69) is 14.7 Å². The number of hydrogen-bond acceptors (Lipinski definition) is 6. The SMILES string of the molecule is COC(=O)c1ccc([N+](=O)[O-])c(-n2cnc(C)c2C)n1. The highest BCUT2D eigenvalue weighted by Crippen LogP contribution is 2.23. The molecule has 0 aliphatic carbocycles. The lowest BCUT2D eigenvalue weighted by atomic mass is 10.3. The Morgan fingerprint density at radius 1 is 1.40 bits per heavy atom. The van der Waals surface area contributed by atoms with Crippen molar-refractivity contribution in [3.8, 4) is 5.82 Å². The number of rotatable bonds is 3. The average molecular weight is 276 g/mol. The Balaban J connectivity index is 2.67. The van der Waals surface area contributed by atoms with Crippen LogP contribution in [0.4, 0.5) is 5.69 Å². The molecule has 8 nitrogen and oxygen atoms in total. The second kappa shape index (κ2) is 5.08. The Hall–Kier alpha value is -2.77. The first kappa shape index (κ1) is 13.7. The van der Waals surface area contributed by atoms with E-state index in [0.29, 0.717) is 5.69 Å². The van der Waals surface area contributed by atoms with Gasteiger partial charge in [-0.05, 0) is 19.9 Å². The quantitative estimate of drug-likeness (QED) is 0.479. The Labute approximate surface area is 114 Å². The number of aromatic nitrogens is 3. The van der Waals surface area contributed by atoms with Gasteiger partial charge >= 0.3 is 11.7 Å². The van der Waals surface area contributed by atoms with E-state index in [-0.39, 0.29) is 17.2 Å². The highest BCUT2D eigenvalue weighted by molar-refractivity contribution is 5.87. The molecule has 0 radical (unpaired) electrons. The molecule has 0 aliphatic heterocycles. The number of nitro groups is 1. The number of hydrogen-bond donors (Lipinski definition) is 0. The van der Waals surface area contributed by atoms with Crippen LogP contribution in [-0.2, 0) is 4.74 Å². The van der Waals surface area contributed by atoms with Gasteiger partial charge in [0.2, 0.25) is 5.82 Å². The number of methoxy groups -OCH3 is 1. The van der Waals surface area contributed by atoms with E-state index < -0.39 is 10.9 Å². The second-order valence-corrected chi connectivity index (χ2v) is 4.07. The number of carbonyl (C=O) groups excluding carboxylic acids is 1. The normalized spacial score (nSPS) is 10.3. The van der Waals surface area contributed by atoms with Crippen LogP contribution in [0.15, 0.2) is 18.5 Å². The van der Waals surface area contributed by atoms with Crippen LogP contribution in [0.25, 0.3) is 5.82 Å². The first-order valence-corrected chi connectivity index (χ1v) is 5.70. The summed E-state index contributed by atoms with van der Waals surface area (Å²) in [5, 5.41) is 11.1. The molecule has 0 saturated heterocycles. The summed E-state index contributed by atoms with van der Waals surface area (Å²) < 4.78 is 6.04. The minimum atomic E-state index is -0.657. The van der Waals surface area contributed by atoms with E-state index in [1.807, 2.05) is 0 Å².